The number of carbonyl (C=O) groups excluding carboxylic acids is 4. The number of aromatic carboxylic acids is 2. The van der Waals surface area contributed by atoms with Crippen LogP contribution in [-0.2, 0) is 19.1 Å². The molecule has 0 aromatic heterocycles. The summed E-state index contributed by atoms with van der Waals surface area (Å²) < 4.78 is 8.84. The Balaban J connectivity index is 1.94. The minimum atomic E-state index is -1.33. The third-order valence-corrected chi connectivity index (χ3v) is 3.39. The van der Waals surface area contributed by atoms with Crippen molar-refractivity contribution in [2.75, 3.05) is 0 Å². The van der Waals surface area contributed by atoms with Crippen LogP contribution < -0.4 is 0 Å². The van der Waals surface area contributed by atoms with Crippen molar-refractivity contribution >= 4 is 35.8 Å². The molecule has 0 heterocycles. The summed E-state index contributed by atoms with van der Waals surface area (Å²) in [5, 5.41) is 17.7. The van der Waals surface area contributed by atoms with Gasteiger partial charge >= 0.3 is 35.8 Å². The maximum atomic E-state index is 11.8. The highest BCUT2D eigenvalue weighted by atomic mass is 16.6. The van der Waals surface area contributed by atoms with Crippen LogP contribution in [0.2, 0.25) is 0 Å². The normalized spacial score (nSPS) is 9.93. The third kappa shape index (κ3) is 5.82. The number of carboxylic acid groups (broad SMARTS) is 2. The number of rotatable bonds is 6. The van der Waals surface area contributed by atoms with Crippen molar-refractivity contribution in [2.24, 2.45) is 0 Å². The van der Waals surface area contributed by atoms with Crippen LogP contribution in [-0.4, -0.2) is 46.0 Å². The highest BCUT2D eigenvalue weighted by Crippen LogP contribution is 2.10. The summed E-state index contributed by atoms with van der Waals surface area (Å²) >= 11 is 0. The van der Waals surface area contributed by atoms with Gasteiger partial charge in [0.15, 0.2) is 0 Å². The molecule has 0 saturated heterocycles. The second-order valence-electron chi connectivity index (χ2n) is 5.47. The summed E-state index contributed by atoms with van der Waals surface area (Å²) in [6.45, 7) is 0. The summed E-state index contributed by atoms with van der Waals surface area (Å²) in [7, 11) is 0. The summed E-state index contributed by atoms with van der Waals surface area (Å²) in [5.41, 5.74) is -0.873. The maximum Gasteiger partial charge on any atom is 0.345 e. The van der Waals surface area contributed by atoms with Crippen molar-refractivity contribution < 1.29 is 48.5 Å². The van der Waals surface area contributed by atoms with E-state index in [1.807, 2.05) is 0 Å². The van der Waals surface area contributed by atoms with Gasteiger partial charge in [0.1, 0.15) is 6.42 Å². The summed E-state index contributed by atoms with van der Waals surface area (Å²) in [4.78, 5) is 68.8. The molecule has 2 N–H and O–H groups in total. The van der Waals surface area contributed by atoms with Crippen LogP contribution in [0.15, 0.2) is 48.5 Å². The molecule has 0 aliphatic heterocycles. The maximum absolute atomic E-state index is 11.8. The lowest BCUT2D eigenvalue weighted by molar-refractivity contribution is -0.147. The first kappa shape index (κ1) is 21.0. The molecule has 0 aliphatic rings. The molecular formula is C19H12O10. The van der Waals surface area contributed by atoms with E-state index in [4.69, 9.17) is 10.2 Å². The van der Waals surface area contributed by atoms with E-state index in [2.05, 4.69) is 9.47 Å². The molecule has 0 spiro atoms. The first-order chi connectivity index (χ1) is 13.7. The van der Waals surface area contributed by atoms with Gasteiger partial charge in [-0.25, -0.2) is 19.2 Å². The van der Waals surface area contributed by atoms with Gasteiger partial charge in [-0.3, -0.25) is 9.59 Å². The SMILES string of the molecule is O=C(CC(=O)OC(=O)c1cccc(C(=O)O)c1)OC(=O)c1cccc(C(=O)O)c1. The van der Waals surface area contributed by atoms with E-state index in [0.29, 0.717) is 0 Å². The second-order valence-corrected chi connectivity index (χ2v) is 5.47. The second kappa shape index (κ2) is 9.04. The van der Waals surface area contributed by atoms with E-state index >= 15 is 0 Å². The molecule has 2 aromatic rings. The molecule has 10 heteroatoms. The fourth-order valence-electron chi connectivity index (χ4n) is 2.07. The molecular weight excluding hydrogens is 388 g/mol. The van der Waals surface area contributed by atoms with Crippen molar-refractivity contribution in [3.05, 3.63) is 70.8 Å². The van der Waals surface area contributed by atoms with Crippen molar-refractivity contribution in [2.45, 2.75) is 6.42 Å². The predicted molar refractivity (Wildman–Crippen MR) is 92.3 cm³/mol. The van der Waals surface area contributed by atoms with Crippen molar-refractivity contribution in [1.82, 2.24) is 0 Å². The Morgan fingerprint density at radius 3 is 1.31 bits per heavy atom. The zero-order valence-electron chi connectivity index (χ0n) is 14.5. The Morgan fingerprint density at radius 2 is 0.966 bits per heavy atom. The number of hydrogen-bond donors (Lipinski definition) is 2. The summed E-state index contributed by atoms with van der Waals surface area (Å²) in [6.07, 6.45) is -1.07. The molecule has 0 fully saturated rings. The van der Waals surface area contributed by atoms with Crippen molar-refractivity contribution in [3.8, 4) is 0 Å². The van der Waals surface area contributed by atoms with Gasteiger partial charge in [-0.05, 0) is 36.4 Å². The van der Waals surface area contributed by atoms with Crippen LogP contribution in [0.1, 0.15) is 47.9 Å². The highest BCUT2D eigenvalue weighted by molar-refractivity contribution is 6.05. The summed E-state index contributed by atoms with van der Waals surface area (Å²) in [6, 6.07) is 9.36. The Kier molecular flexibility index (Phi) is 6.54. The zero-order valence-corrected chi connectivity index (χ0v) is 14.5. The number of benzene rings is 2. The number of carboxylic acids is 2. The molecule has 0 bridgehead atoms. The minimum Gasteiger partial charge on any atom is -0.478 e. The Hall–Kier alpha value is -4.34. The van der Waals surface area contributed by atoms with Gasteiger partial charge in [0.2, 0.25) is 0 Å². The van der Waals surface area contributed by atoms with Crippen LogP contribution in [0.4, 0.5) is 0 Å². The van der Waals surface area contributed by atoms with Crippen LogP contribution in [0, 0.1) is 0 Å². The molecule has 0 amide bonds. The monoisotopic (exact) mass is 400 g/mol. The first-order valence-electron chi connectivity index (χ1n) is 7.84. The molecule has 2 rings (SSSR count). The Labute approximate surface area is 162 Å². The first-order valence-corrected chi connectivity index (χ1v) is 7.84. The van der Waals surface area contributed by atoms with Gasteiger partial charge in [-0.1, -0.05) is 12.1 Å². The molecule has 10 nitrogen and oxygen atoms in total. The topological polar surface area (TPSA) is 161 Å². The number of esters is 4. The molecule has 0 unspecified atom stereocenters. The average Bonchev–Trinajstić information content (AvgIpc) is 2.67. The fourth-order valence-corrected chi connectivity index (χ4v) is 2.07. The van der Waals surface area contributed by atoms with E-state index in [9.17, 15) is 28.8 Å². The Morgan fingerprint density at radius 1 is 0.621 bits per heavy atom. The standard InChI is InChI=1S/C19H12O10/c20-14(28-18(26)12-5-1-3-10(7-12)16(22)23)9-15(21)29-19(27)13-6-2-4-11(8-13)17(24)25/h1-8H,9H2,(H,22,23)(H,24,25). The third-order valence-electron chi connectivity index (χ3n) is 3.39. The Bertz CT molecular complexity index is 940. The van der Waals surface area contributed by atoms with E-state index in [0.717, 1.165) is 12.1 Å². The molecule has 0 aliphatic carbocycles. The predicted octanol–water partition coefficient (Wildman–Crippen LogP) is 1.54. The largest absolute Gasteiger partial charge is 0.478 e. The van der Waals surface area contributed by atoms with Crippen LogP contribution in [0.3, 0.4) is 0 Å². The lowest BCUT2D eigenvalue weighted by atomic mass is 10.1. The van der Waals surface area contributed by atoms with Gasteiger partial charge in [-0.2, -0.15) is 0 Å². The molecule has 0 saturated carbocycles. The fraction of sp³-hybridized carbons (Fsp3) is 0.0526. The van der Waals surface area contributed by atoms with Crippen molar-refractivity contribution in [1.29, 1.82) is 0 Å². The van der Waals surface area contributed by atoms with Crippen LogP contribution in [0.5, 0.6) is 0 Å². The number of hydrogen-bond acceptors (Lipinski definition) is 8. The van der Waals surface area contributed by atoms with Crippen LogP contribution >= 0.6 is 0 Å². The molecule has 29 heavy (non-hydrogen) atoms. The molecule has 0 atom stereocenters. The quantitative estimate of drug-likeness (QED) is 0.537. The van der Waals surface area contributed by atoms with Gasteiger partial charge in [0.25, 0.3) is 0 Å². The van der Waals surface area contributed by atoms with Gasteiger partial charge in [0, 0.05) is 0 Å². The van der Waals surface area contributed by atoms with E-state index in [-0.39, 0.29) is 22.3 Å². The van der Waals surface area contributed by atoms with Gasteiger partial charge < -0.3 is 19.7 Å². The minimum absolute atomic E-state index is 0.208. The van der Waals surface area contributed by atoms with Gasteiger partial charge in [0.05, 0.1) is 22.3 Å². The van der Waals surface area contributed by atoms with Crippen LogP contribution in [0.25, 0.3) is 0 Å². The zero-order chi connectivity index (χ0) is 21.6. The smallest absolute Gasteiger partial charge is 0.345 e. The molecule has 0 radical (unpaired) electrons. The van der Waals surface area contributed by atoms with E-state index < -0.39 is 42.2 Å². The number of carbonyl (C=O) groups is 6. The van der Waals surface area contributed by atoms with Gasteiger partial charge in [-0.15, -0.1) is 0 Å². The molecule has 148 valence electrons. The highest BCUT2D eigenvalue weighted by Gasteiger charge is 2.21. The molecule has 2 aromatic carbocycles. The lowest BCUT2D eigenvalue weighted by Crippen LogP contribution is -2.20. The number of ether oxygens (including phenoxy) is 2. The van der Waals surface area contributed by atoms with E-state index in [1.165, 1.54) is 36.4 Å². The van der Waals surface area contributed by atoms with E-state index in [1.54, 1.807) is 0 Å². The summed E-state index contributed by atoms with van der Waals surface area (Å²) in [5.74, 6) is -7.61. The lowest BCUT2D eigenvalue weighted by Gasteiger charge is -2.05. The van der Waals surface area contributed by atoms with Crippen molar-refractivity contribution in [3.63, 3.8) is 0 Å². The average molecular weight is 400 g/mol.